The Morgan fingerprint density at radius 1 is 1.44 bits per heavy atom. The van der Waals surface area contributed by atoms with Gasteiger partial charge in [0.2, 0.25) is 5.88 Å². The quantitative estimate of drug-likeness (QED) is 0.601. The highest BCUT2D eigenvalue weighted by atomic mass is 35.5. The lowest BCUT2D eigenvalue weighted by molar-refractivity contribution is 0.108. The van der Waals surface area contributed by atoms with Gasteiger partial charge < -0.3 is 19.9 Å². The number of nitrogens with zero attached hydrogens (tertiary/aromatic N) is 1. The van der Waals surface area contributed by atoms with Gasteiger partial charge in [0.15, 0.2) is 11.6 Å². The molecule has 132 valence electrons. The zero-order valence-electron chi connectivity index (χ0n) is 13.0. The van der Waals surface area contributed by atoms with Crippen LogP contribution in [-0.4, -0.2) is 24.9 Å². The van der Waals surface area contributed by atoms with Gasteiger partial charge in [-0.05, 0) is 18.2 Å². The first-order chi connectivity index (χ1) is 11.9. The highest BCUT2D eigenvalue weighted by Crippen LogP contribution is 2.38. The molecule has 0 aliphatic heterocycles. The van der Waals surface area contributed by atoms with Crippen LogP contribution in [0.1, 0.15) is 0 Å². The molecule has 0 unspecified atom stereocenters. The van der Waals surface area contributed by atoms with E-state index in [2.05, 4.69) is 16.3 Å². The number of nitrogens with two attached hydrogens (primary N) is 1. The number of ether oxygens (including phenoxy) is 3. The van der Waals surface area contributed by atoms with Crippen LogP contribution < -0.4 is 15.2 Å². The first kappa shape index (κ1) is 18.8. The average Bonchev–Trinajstić information content (AvgIpc) is 2.57. The second-order valence-corrected chi connectivity index (χ2v) is 5.39. The summed E-state index contributed by atoms with van der Waals surface area (Å²) in [5.74, 6) is -1.22. The molecule has 0 spiro atoms. The van der Waals surface area contributed by atoms with E-state index in [1.165, 1.54) is 31.4 Å². The number of benzene rings is 1. The molecule has 9 heteroatoms. The van der Waals surface area contributed by atoms with Gasteiger partial charge in [-0.3, -0.25) is 0 Å². The minimum atomic E-state index is -1.06. The van der Waals surface area contributed by atoms with E-state index in [4.69, 9.17) is 38.4 Å². The van der Waals surface area contributed by atoms with Crippen LogP contribution in [0, 0.1) is 5.82 Å². The molecule has 25 heavy (non-hydrogen) atoms. The predicted octanol–water partition coefficient (Wildman–Crippen LogP) is 4.49. The summed E-state index contributed by atoms with van der Waals surface area (Å²) >= 11 is 11.8. The van der Waals surface area contributed by atoms with Crippen molar-refractivity contribution in [2.75, 3.05) is 19.5 Å². The summed E-state index contributed by atoms with van der Waals surface area (Å²) in [5, 5.41) is -0.0178. The second-order valence-electron chi connectivity index (χ2n) is 4.61. The van der Waals surface area contributed by atoms with E-state index in [9.17, 15) is 9.18 Å². The number of rotatable bonds is 5. The first-order valence-electron chi connectivity index (χ1n) is 6.82. The lowest BCUT2D eigenvalue weighted by atomic mass is 10.1. The van der Waals surface area contributed by atoms with E-state index < -0.39 is 12.0 Å². The summed E-state index contributed by atoms with van der Waals surface area (Å²) in [6, 6.07) is 4.15. The maximum absolute atomic E-state index is 14.5. The molecule has 2 rings (SSSR count). The molecule has 0 amide bonds. The molecule has 0 bridgehead atoms. The van der Waals surface area contributed by atoms with E-state index in [-0.39, 0.29) is 45.2 Å². The van der Waals surface area contributed by atoms with Crippen LogP contribution in [0.2, 0.25) is 10.0 Å². The van der Waals surface area contributed by atoms with Gasteiger partial charge in [-0.15, -0.1) is 0 Å². The first-order valence-corrected chi connectivity index (χ1v) is 7.58. The Kier molecular flexibility index (Phi) is 6.06. The van der Waals surface area contributed by atoms with Crippen molar-refractivity contribution in [3.8, 4) is 22.9 Å². The minimum Gasteiger partial charge on any atom is -0.492 e. The number of methoxy groups -OCH3 is 1. The Labute approximate surface area is 152 Å². The standard InChI is InChI=1S/C16H13Cl2FN2O4/c1-3-6-24-16(22)25-15-12(18)10(20)7-11(21-15)8-4-5-9(17)14(23-2)13(8)19/h3-5,7H,1,6H2,2H3,(H2,20,21). The van der Waals surface area contributed by atoms with Gasteiger partial charge in [-0.25, -0.2) is 14.2 Å². The molecule has 0 saturated carbocycles. The highest BCUT2D eigenvalue weighted by molar-refractivity contribution is 6.34. The number of aromatic nitrogens is 1. The van der Waals surface area contributed by atoms with Crippen molar-refractivity contribution in [2.45, 2.75) is 0 Å². The van der Waals surface area contributed by atoms with E-state index in [1.807, 2.05) is 0 Å². The molecule has 0 atom stereocenters. The number of pyridine rings is 1. The maximum Gasteiger partial charge on any atom is 0.515 e. The summed E-state index contributed by atoms with van der Waals surface area (Å²) in [6.07, 6.45) is 0.302. The number of hydrogen-bond acceptors (Lipinski definition) is 6. The number of anilines is 1. The SMILES string of the molecule is C=CCOC(=O)Oc1nc(-c2ccc(Cl)c(OC)c2F)cc(N)c1Cl. The van der Waals surface area contributed by atoms with Crippen molar-refractivity contribution in [1.82, 2.24) is 4.98 Å². The third-order valence-electron chi connectivity index (χ3n) is 2.98. The Hall–Kier alpha value is -2.51. The van der Waals surface area contributed by atoms with E-state index >= 15 is 0 Å². The summed E-state index contributed by atoms with van der Waals surface area (Å²) < 4.78 is 29.0. The molecule has 2 aromatic rings. The normalized spacial score (nSPS) is 10.2. The molecule has 6 nitrogen and oxygen atoms in total. The Bertz CT molecular complexity index is 830. The second kappa shape index (κ2) is 8.04. The van der Waals surface area contributed by atoms with Crippen molar-refractivity contribution >= 4 is 35.0 Å². The number of carbonyl (C=O) groups excluding carboxylic acids is 1. The third-order valence-corrected chi connectivity index (χ3v) is 3.66. The summed E-state index contributed by atoms with van der Waals surface area (Å²) in [7, 11) is 1.28. The molecule has 0 radical (unpaired) electrons. The highest BCUT2D eigenvalue weighted by Gasteiger charge is 2.20. The monoisotopic (exact) mass is 386 g/mol. The number of halogens is 3. The van der Waals surface area contributed by atoms with Crippen LogP contribution >= 0.6 is 23.2 Å². The van der Waals surface area contributed by atoms with E-state index in [0.29, 0.717) is 0 Å². The molecule has 1 heterocycles. The number of nitrogen functional groups attached to an aromatic ring is 1. The largest absolute Gasteiger partial charge is 0.515 e. The third kappa shape index (κ3) is 4.12. The lowest BCUT2D eigenvalue weighted by Crippen LogP contribution is -2.12. The predicted molar refractivity (Wildman–Crippen MR) is 92.8 cm³/mol. The fourth-order valence-corrected chi connectivity index (χ4v) is 2.24. The van der Waals surface area contributed by atoms with Gasteiger partial charge in [-0.2, -0.15) is 0 Å². The number of carbonyl (C=O) groups is 1. The maximum atomic E-state index is 14.5. The van der Waals surface area contributed by atoms with Gasteiger partial charge in [0.25, 0.3) is 0 Å². The fourth-order valence-electron chi connectivity index (χ4n) is 1.88. The molecule has 1 aromatic carbocycles. The van der Waals surface area contributed by atoms with Crippen LogP contribution in [0.5, 0.6) is 11.6 Å². The Morgan fingerprint density at radius 2 is 2.16 bits per heavy atom. The van der Waals surface area contributed by atoms with Crippen molar-refractivity contribution in [1.29, 1.82) is 0 Å². The van der Waals surface area contributed by atoms with Crippen LogP contribution in [-0.2, 0) is 4.74 Å². The van der Waals surface area contributed by atoms with Gasteiger partial charge in [0, 0.05) is 5.56 Å². The van der Waals surface area contributed by atoms with Gasteiger partial charge >= 0.3 is 6.16 Å². The number of hydrogen-bond donors (Lipinski definition) is 1. The zero-order chi connectivity index (χ0) is 18.6. The van der Waals surface area contributed by atoms with Crippen molar-refractivity contribution in [3.05, 3.63) is 46.7 Å². The average molecular weight is 387 g/mol. The molecule has 0 fully saturated rings. The van der Waals surface area contributed by atoms with Gasteiger partial charge in [0.05, 0.1) is 23.5 Å². The van der Waals surface area contributed by atoms with Crippen LogP contribution in [0.3, 0.4) is 0 Å². The van der Waals surface area contributed by atoms with Crippen molar-refractivity contribution in [3.63, 3.8) is 0 Å². The smallest absolute Gasteiger partial charge is 0.492 e. The topological polar surface area (TPSA) is 83.7 Å². The Balaban J connectivity index is 2.47. The molecular weight excluding hydrogens is 374 g/mol. The summed E-state index contributed by atoms with van der Waals surface area (Å²) in [4.78, 5) is 15.6. The molecule has 2 N–H and O–H groups in total. The molecule has 1 aromatic heterocycles. The van der Waals surface area contributed by atoms with Gasteiger partial charge in [0.1, 0.15) is 11.6 Å². The van der Waals surface area contributed by atoms with Crippen LogP contribution in [0.25, 0.3) is 11.3 Å². The van der Waals surface area contributed by atoms with E-state index in [1.54, 1.807) is 0 Å². The minimum absolute atomic E-state index is 0.0338. The van der Waals surface area contributed by atoms with E-state index in [0.717, 1.165) is 0 Å². The van der Waals surface area contributed by atoms with Crippen LogP contribution in [0.15, 0.2) is 30.9 Å². The van der Waals surface area contributed by atoms with Crippen LogP contribution in [0.4, 0.5) is 14.9 Å². The zero-order valence-corrected chi connectivity index (χ0v) is 14.5. The molecule has 0 saturated heterocycles. The molecular formula is C16H13Cl2FN2O4. The Morgan fingerprint density at radius 3 is 2.80 bits per heavy atom. The van der Waals surface area contributed by atoms with Crippen molar-refractivity contribution < 1.29 is 23.4 Å². The molecule has 0 aliphatic rings. The summed E-state index contributed by atoms with van der Waals surface area (Å²) in [6.45, 7) is 3.34. The van der Waals surface area contributed by atoms with Gasteiger partial charge in [-0.1, -0.05) is 35.9 Å². The van der Waals surface area contributed by atoms with Crippen molar-refractivity contribution in [2.24, 2.45) is 0 Å². The summed E-state index contributed by atoms with van der Waals surface area (Å²) in [5.41, 5.74) is 5.93. The molecule has 0 aliphatic carbocycles. The lowest BCUT2D eigenvalue weighted by Gasteiger charge is -2.12. The fraction of sp³-hybridized carbons (Fsp3) is 0.125.